The molecule has 1 fully saturated rings. The molecule has 1 aliphatic heterocycles. The molecule has 0 aromatic heterocycles. The van der Waals surface area contributed by atoms with E-state index < -0.39 is 35.6 Å². The number of phenolic OH excluding ortho intramolecular Hbond substituents is 1. The first-order valence-corrected chi connectivity index (χ1v) is 12.0. The number of aryl methyl sites for hydroxylation is 1. The number of amides is 1. The molecule has 2 N–H and O–H groups in total. The number of hydrogen-bond acceptors (Lipinski definition) is 6. The van der Waals surface area contributed by atoms with Gasteiger partial charge in [0.1, 0.15) is 23.0 Å². The average Bonchev–Trinajstić information content (AvgIpc) is 3.12. The average molecular weight is 542 g/mol. The van der Waals surface area contributed by atoms with Crippen LogP contribution in [0, 0.1) is 12.8 Å². The Morgan fingerprint density at radius 1 is 1.03 bits per heavy atom. The van der Waals surface area contributed by atoms with Crippen molar-refractivity contribution in [1.29, 1.82) is 0 Å². The van der Waals surface area contributed by atoms with Gasteiger partial charge in [0.05, 0.1) is 18.2 Å². The number of rotatable bonds is 7. The minimum atomic E-state index is -4.97. The Bertz CT molecular complexity index is 1430. The Kier molecular flexibility index (Phi) is 7.58. The number of anilines is 1. The van der Waals surface area contributed by atoms with Crippen molar-refractivity contribution in [3.8, 4) is 17.2 Å². The molecule has 7 nitrogen and oxygen atoms in total. The quantitative estimate of drug-likeness (QED) is 0.208. The summed E-state index contributed by atoms with van der Waals surface area (Å²) in [6.45, 7) is 6.26. The molecule has 1 unspecified atom stereocenters. The molecule has 3 aromatic rings. The van der Waals surface area contributed by atoms with Crippen molar-refractivity contribution in [1.82, 2.24) is 0 Å². The third-order valence-electron chi connectivity index (χ3n) is 6.00. The molecule has 0 radical (unpaired) electrons. The maximum Gasteiger partial charge on any atom is 0.573 e. The van der Waals surface area contributed by atoms with Gasteiger partial charge in [0.25, 0.3) is 11.7 Å². The summed E-state index contributed by atoms with van der Waals surface area (Å²) in [5.41, 5.74) is 0.962. The van der Waals surface area contributed by atoms with Crippen LogP contribution < -0.4 is 14.4 Å². The number of ether oxygens (including phenoxy) is 2. The Balaban J connectivity index is 1.84. The van der Waals surface area contributed by atoms with E-state index in [1.807, 2.05) is 13.8 Å². The fourth-order valence-corrected chi connectivity index (χ4v) is 4.27. The van der Waals surface area contributed by atoms with Crippen LogP contribution in [0.4, 0.5) is 18.9 Å². The van der Waals surface area contributed by atoms with Crippen LogP contribution in [0.3, 0.4) is 0 Å². The normalized spacial score (nSPS) is 17.1. The van der Waals surface area contributed by atoms with E-state index in [-0.39, 0.29) is 22.6 Å². The van der Waals surface area contributed by atoms with E-state index in [9.17, 15) is 33.0 Å². The van der Waals surface area contributed by atoms with Gasteiger partial charge in [-0.05, 0) is 66.4 Å². The number of halogens is 3. The molecule has 0 bridgehead atoms. The number of ketones is 1. The lowest BCUT2D eigenvalue weighted by atomic mass is 9.94. The van der Waals surface area contributed by atoms with Gasteiger partial charge in [-0.25, -0.2) is 0 Å². The second kappa shape index (κ2) is 10.7. The Hall–Kier alpha value is -4.47. The van der Waals surface area contributed by atoms with Crippen LogP contribution in [0.15, 0.2) is 72.3 Å². The number of hydrogen-bond donors (Lipinski definition) is 2. The molecule has 204 valence electrons. The largest absolute Gasteiger partial charge is 0.573 e. The molecule has 0 spiro atoms. The van der Waals surface area contributed by atoms with Gasteiger partial charge in [0.15, 0.2) is 0 Å². The van der Waals surface area contributed by atoms with Crippen molar-refractivity contribution in [2.24, 2.45) is 5.92 Å². The summed E-state index contributed by atoms with van der Waals surface area (Å²) in [6.07, 6.45) is -4.97. The van der Waals surface area contributed by atoms with Gasteiger partial charge in [-0.2, -0.15) is 0 Å². The zero-order valence-electron chi connectivity index (χ0n) is 21.3. The van der Waals surface area contributed by atoms with Crippen LogP contribution in [-0.4, -0.2) is 34.9 Å². The maximum absolute atomic E-state index is 13.3. The molecule has 10 heteroatoms. The number of carbonyl (C=O) groups is 2. The van der Waals surface area contributed by atoms with Gasteiger partial charge < -0.3 is 19.7 Å². The highest BCUT2D eigenvalue weighted by molar-refractivity contribution is 6.51. The van der Waals surface area contributed by atoms with Crippen LogP contribution >= 0.6 is 0 Å². The number of Topliss-reactive ketones (excluding diaryl/α,β-unsaturated/α-hetero) is 1. The van der Waals surface area contributed by atoms with Crippen LogP contribution in [0.1, 0.15) is 36.6 Å². The molecule has 3 aromatic carbocycles. The SMILES string of the molecule is Cc1cc(/C(O)=C2\C(=O)C(=O)N(c3cccc(OC(F)(F)F)c3)C2c2ccc(O)cc2)ccc1OCC(C)C. The molecule has 4 rings (SSSR count). The van der Waals surface area contributed by atoms with Crippen LogP contribution in [0.25, 0.3) is 5.76 Å². The first kappa shape index (κ1) is 27.6. The summed E-state index contributed by atoms with van der Waals surface area (Å²) in [7, 11) is 0. The van der Waals surface area contributed by atoms with Gasteiger partial charge in [0, 0.05) is 17.3 Å². The molecule has 1 saturated heterocycles. The second-order valence-electron chi connectivity index (χ2n) is 9.49. The van der Waals surface area contributed by atoms with Crippen LogP contribution in [0.2, 0.25) is 0 Å². The highest BCUT2D eigenvalue weighted by Crippen LogP contribution is 2.43. The first-order chi connectivity index (χ1) is 18.4. The fourth-order valence-electron chi connectivity index (χ4n) is 4.27. The monoisotopic (exact) mass is 541 g/mol. The number of benzene rings is 3. The Labute approximate surface area is 222 Å². The number of alkyl halides is 3. The van der Waals surface area contributed by atoms with E-state index in [0.29, 0.717) is 29.4 Å². The lowest BCUT2D eigenvalue weighted by Gasteiger charge is -2.26. The summed E-state index contributed by atoms with van der Waals surface area (Å²) >= 11 is 0. The molecular formula is C29H26F3NO6. The maximum atomic E-state index is 13.3. The van der Waals surface area contributed by atoms with E-state index >= 15 is 0 Å². The molecule has 1 atom stereocenters. The number of aliphatic hydroxyl groups excluding tert-OH is 1. The number of carbonyl (C=O) groups excluding carboxylic acids is 2. The lowest BCUT2D eigenvalue weighted by Crippen LogP contribution is -2.29. The second-order valence-corrected chi connectivity index (χ2v) is 9.49. The van der Waals surface area contributed by atoms with Gasteiger partial charge in [-0.1, -0.05) is 32.0 Å². The van der Waals surface area contributed by atoms with Gasteiger partial charge >= 0.3 is 6.36 Å². The van der Waals surface area contributed by atoms with Crippen molar-refractivity contribution < 1.29 is 42.4 Å². The lowest BCUT2D eigenvalue weighted by molar-refractivity contribution is -0.274. The minimum Gasteiger partial charge on any atom is -0.508 e. The number of aromatic hydroxyl groups is 1. The third kappa shape index (κ3) is 6.00. The standard InChI is InChI=1S/C29H26F3NO6/c1-16(2)15-38-23-12-9-19(13-17(23)3)26(35)24-25(18-7-10-21(34)11-8-18)33(28(37)27(24)36)20-5-4-6-22(14-20)39-29(30,31)32/h4-14,16,25,34-35H,15H2,1-3H3/b26-24+. The van der Waals surface area contributed by atoms with Crippen molar-refractivity contribution in [2.75, 3.05) is 11.5 Å². The van der Waals surface area contributed by atoms with E-state index in [2.05, 4.69) is 4.74 Å². The summed E-state index contributed by atoms with van der Waals surface area (Å²) < 4.78 is 48.3. The van der Waals surface area contributed by atoms with Gasteiger partial charge in [-0.15, -0.1) is 13.2 Å². The van der Waals surface area contributed by atoms with Crippen molar-refractivity contribution >= 4 is 23.1 Å². The van der Waals surface area contributed by atoms with Crippen molar-refractivity contribution in [3.63, 3.8) is 0 Å². The molecule has 39 heavy (non-hydrogen) atoms. The third-order valence-corrected chi connectivity index (χ3v) is 6.00. The Morgan fingerprint density at radius 3 is 2.33 bits per heavy atom. The highest BCUT2D eigenvalue weighted by Gasteiger charge is 2.47. The van der Waals surface area contributed by atoms with E-state index in [1.165, 1.54) is 36.4 Å². The number of phenols is 1. The summed E-state index contributed by atoms with van der Waals surface area (Å²) in [5, 5.41) is 21.1. The summed E-state index contributed by atoms with van der Waals surface area (Å²) in [6, 6.07) is 13.8. The molecule has 0 aliphatic carbocycles. The smallest absolute Gasteiger partial charge is 0.508 e. The van der Waals surface area contributed by atoms with E-state index in [1.54, 1.807) is 25.1 Å². The van der Waals surface area contributed by atoms with E-state index in [4.69, 9.17) is 4.74 Å². The molecule has 0 saturated carbocycles. The molecule has 1 heterocycles. The first-order valence-electron chi connectivity index (χ1n) is 12.0. The number of aliphatic hydroxyl groups is 1. The minimum absolute atomic E-state index is 0.0513. The summed E-state index contributed by atoms with van der Waals surface area (Å²) in [4.78, 5) is 27.6. The summed E-state index contributed by atoms with van der Waals surface area (Å²) in [5.74, 6) is -2.31. The fraction of sp³-hybridized carbons (Fsp3) is 0.241. The number of nitrogens with zero attached hydrogens (tertiary/aromatic N) is 1. The van der Waals surface area contributed by atoms with Gasteiger partial charge in [0.2, 0.25) is 0 Å². The van der Waals surface area contributed by atoms with E-state index in [0.717, 1.165) is 17.0 Å². The van der Waals surface area contributed by atoms with Crippen LogP contribution in [-0.2, 0) is 9.59 Å². The van der Waals surface area contributed by atoms with Crippen LogP contribution in [0.5, 0.6) is 17.2 Å². The molecule has 1 amide bonds. The van der Waals surface area contributed by atoms with Gasteiger partial charge in [-0.3, -0.25) is 14.5 Å². The predicted molar refractivity (Wildman–Crippen MR) is 138 cm³/mol. The topological polar surface area (TPSA) is 96.3 Å². The van der Waals surface area contributed by atoms with Crippen molar-refractivity contribution in [3.05, 3.63) is 89.0 Å². The predicted octanol–water partition coefficient (Wildman–Crippen LogP) is 6.26. The Morgan fingerprint density at radius 2 is 1.72 bits per heavy atom. The molecular weight excluding hydrogens is 515 g/mol. The van der Waals surface area contributed by atoms with Crippen molar-refractivity contribution in [2.45, 2.75) is 33.2 Å². The molecule has 1 aliphatic rings. The zero-order chi connectivity index (χ0) is 28.5. The highest BCUT2D eigenvalue weighted by atomic mass is 19.4. The zero-order valence-corrected chi connectivity index (χ0v) is 21.3.